The maximum Gasteiger partial charge on any atom is 0.344 e. The second kappa shape index (κ2) is 8.02. The monoisotopic (exact) mass is 344 g/mol. The van der Waals surface area contributed by atoms with Crippen molar-refractivity contribution in [2.24, 2.45) is 5.92 Å². The molecule has 1 aliphatic rings. The number of ether oxygens (including phenoxy) is 2. The number of hydrogen-bond acceptors (Lipinski definition) is 5. The van der Waals surface area contributed by atoms with Gasteiger partial charge in [-0.25, -0.2) is 4.79 Å². The SMILES string of the molecule is CC(C)[C@@](C)(C#N)NC(=O)COC(=O)COc1ccc2c(c1)CCC2. The molecule has 1 aliphatic carbocycles. The number of fused-ring (bicyclic) bond motifs is 1. The topological polar surface area (TPSA) is 88.4 Å². The van der Waals surface area contributed by atoms with E-state index >= 15 is 0 Å². The summed E-state index contributed by atoms with van der Waals surface area (Å²) in [5, 5.41) is 11.7. The largest absolute Gasteiger partial charge is 0.482 e. The van der Waals surface area contributed by atoms with Crippen molar-refractivity contribution in [1.29, 1.82) is 5.26 Å². The van der Waals surface area contributed by atoms with Gasteiger partial charge < -0.3 is 14.8 Å². The van der Waals surface area contributed by atoms with Gasteiger partial charge in [-0.05, 0) is 55.4 Å². The van der Waals surface area contributed by atoms with E-state index in [-0.39, 0.29) is 12.5 Å². The first-order valence-corrected chi connectivity index (χ1v) is 8.46. The molecule has 1 atom stereocenters. The first-order valence-electron chi connectivity index (χ1n) is 8.46. The molecule has 0 saturated carbocycles. The molecule has 25 heavy (non-hydrogen) atoms. The molecule has 134 valence electrons. The van der Waals surface area contributed by atoms with Crippen molar-refractivity contribution in [1.82, 2.24) is 5.32 Å². The van der Waals surface area contributed by atoms with Gasteiger partial charge in [0.1, 0.15) is 11.3 Å². The maximum atomic E-state index is 11.8. The van der Waals surface area contributed by atoms with Crippen LogP contribution < -0.4 is 10.1 Å². The lowest BCUT2D eigenvalue weighted by atomic mass is 9.90. The van der Waals surface area contributed by atoms with Crippen molar-refractivity contribution in [2.45, 2.75) is 45.6 Å². The number of benzene rings is 1. The van der Waals surface area contributed by atoms with Crippen LogP contribution in [0.3, 0.4) is 0 Å². The van der Waals surface area contributed by atoms with Crippen LogP contribution >= 0.6 is 0 Å². The van der Waals surface area contributed by atoms with Gasteiger partial charge in [-0.15, -0.1) is 0 Å². The van der Waals surface area contributed by atoms with Gasteiger partial charge in [0.05, 0.1) is 6.07 Å². The third-order valence-electron chi connectivity index (χ3n) is 4.58. The normalized spacial score (nSPS) is 15.0. The number of nitriles is 1. The predicted octanol–water partition coefficient (Wildman–Crippen LogP) is 2.15. The lowest BCUT2D eigenvalue weighted by Crippen LogP contribution is -2.50. The van der Waals surface area contributed by atoms with Crippen molar-refractivity contribution < 1.29 is 19.1 Å². The molecule has 1 N–H and O–H groups in total. The zero-order chi connectivity index (χ0) is 18.4. The van der Waals surface area contributed by atoms with Crippen molar-refractivity contribution in [2.75, 3.05) is 13.2 Å². The Hall–Kier alpha value is -2.55. The van der Waals surface area contributed by atoms with E-state index in [0.717, 1.165) is 19.3 Å². The Bertz CT molecular complexity index is 693. The Morgan fingerprint density at radius 3 is 2.68 bits per heavy atom. The van der Waals surface area contributed by atoms with Crippen molar-refractivity contribution in [3.63, 3.8) is 0 Å². The lowest BCUT2D eigenvalue weighted by molar-refractivity contribution is -0.150. The maximum absolute atomic E-state index is 11.8. The first-order chi connectivity index (χ1) is 11.8. The molecule has 6 nitrogen and oxygen atoms in total. The molecule has 0 saturated heterocycles. The van der Waals surface area contributed by atoms with Gasteiger partial charge in [0, 0.05) is 0 Å². The summed E-state index contributed by atoms with van der Waals surface area (Å²) in [6, 6.07) is 7.87. The fourth-order valence-corrected chi connectivity index (χ4v) is 2.60. The highest BCUT2D eigenvalue weighted by Gasteiger charge is 2.30. The number of carbonyl (C=O) groups excluding carboxylic acids is 2. The average molecular weight is 344 g/mol. The first kappa shape index (κ1) is 18.8. The minimum atomic E-state index is -0.996. The minimum absolute atomic E-state index is 0.0692. The number of aryl methyl sites for hydroxylation is 2. The second-order valence-electron chi connectivity index (χ2n) is 6.75. The van der Waals surface area contributed by atoms with Crippen LogP contribution in [0.1, 0.15) is 38.3 Å². The van der Waals surface area contributed by atoms with E-state index in [1.165, 1.54) is 11.1 Å². The highest BCUT2D eigenvalue weighted by molar-refractivity contribution is 5.81. The molecule has 0 radical (unpaired) electrons. The second-order valence-corrected chi connectivity index (χ2v) is 6.75. The predicted molar refractivity (Wildman–Crippen MR) is 91.9 cm³/mol. The summed E-state index contributed by atoms with van der Waals surface area (Å²) in [4.78, 5) is 23.6. The van der Waals surface area contributed by atoms with Crippen LogP contribution in [0.5, 0.6) is 5.75 Å². The molecule has 1 aromatic carbocycles. The molecule has 0 unspecified atom stereocenters. The lowest BCUT2D eigenvalue weighted by Gasteiger charge is -2.27. The number of esters is 1. The van der Waals surface area contributed by atoms with E-state index in [0.29, 0.717) is 5.75 Å². The highest BCUT2D eigenvalue weighted by Crippen LogP contribution is 2.25. The molecule has 0 heterocycles. The van der Waals surface area contributed by atoms with Crippen LogP contribution in [0.4, 0.5) is 0 Å². The summed E-state index contributed by atoms with van der Waals surface area (Å²) in [5.74, 6) is -0.582. The zero-order valence-electron chi connectivity index (χ0n) is 14.9. The molecular weight excluding hydrogens is 320 g/mol. The van der Waals surface area contributed by atoms with Crippen LogP contribution in [0.25, 0.3) is 0 Å². The van der Waals surface area contributed by atoms with Gasteiger partial charge in [-0.3, -0.25) is 4.79 Å². The van der Waals surface area contributed by atoms with Crippen LogP contribution in [0, 0.1) is 17.2 Å². The average Bonchev–Trinajstić information content (AvgIpc) is 3.05. The smallest absolute Gasteiger partial charge is 0.344 e. The Morgan fingerprint density at radius 2 is 2.00 bits per heavy atom. The number of hydrogen-bond donors (Lipinski definition) is 1. The molecular formula is C19H24N2O4. The van der Waals surface area contributed by atoms with Crippen molar-refractivity contribution in [3.8, 4) is 11.8 Å². The molecule has 1 amide bonds. The molecule has 2 rings (SSSR count). The van der Waals surface area contributed by atoms with Crippen molar-refractivity contribution in [3.05, 3.63) is 29.3 Å². The van der Waals surface area contributed by atoms with Gasteiger partial charge in [0.25, 0.3) is 5.91 Å². The van der Waals surface area contributed by atoms with Gasteiger partial charge in [-0.2, -0.15) is 5.26 Å². The molecule has 1 aromatic rings. The molecule has 0 fully saturated rings. The summed E-state index contributed by atoms with van der Waals surface area (Å²) in [7, 11) is 0. The van der Waals surface area contributed by atoms with Crippen molar-refractivity contribution >= 4 is 11.9 Å². The summed E-state index contributed by atoms with van der Waals surface area (Å²) >= 11 is 0. The molecule has 6 heteroatoms. The number of nitrogens with one attached hydrogen (secondary N) is 1. The summed E-state index contributed by atoms with van der Waals surface area (Å²) < 4.78 is 10.3. The number of rotatable bonds is 7. The van der Waals surface area contributed by atoms with E-state index in [4.69, 9.17) is 14.7 Å². The molecule has 0 spiro atoms. The van der Waals surface area contributed by atoms with E-state index in [9.17, 15) is 9.59 Å². The van der Waals surface area contributed by atoms with Gasteiger partial charge in [0.15, 0.2) is 13.2 Å². The zero-order valence-corrected chi connectivity index (χ0v) is 14.9. The van der Waals surface area contributed by atoms with E-state index in [1.54, 1.807) is 6.92 Å². The third kappa shape index (κ3) is 4.96. The van der Waals surface area contributed by atoms with E-state index < -0.39 is 24.0 Å². The van der Waals surface area contributed by atoms with Crippen LogP contribution in [-0.4, -0.2) is 30.6 Å². The van der Waals surface area contributed by atoms with Gasteiger partial charge >= 0.3 is 5.97 Å². The summed E-state index contributed by atoms with van der Waals surface area (Å²) in [6.45, 7) is 4.61. The summed E-state index contributed by atoms with van der Waals surface area (Å²) in [5.41, 5.74) is 1.59. The molecule has 0 bridgehead atoms. The number of amides is 1. The van der Waals surface area contributed by atoms with Gasteiger partial charge in [0.2, 0.25) is 0 Å². The fourth-order valence-electron chi connectivity index (χ4n) is 2.60. The van der Waals surface area contributed by atoms with E-state index in [1.807, 2.05) is 32.0 Å². The van der Waals surface area contributed by atoms with Crippen LogP contribution in [0.2, 0.25) is 0 Å². The minimum Gasteiger partial charge on any atom is -0.482 e. The summed E-state index contributed by atoms with van der Waals surface area (Å²) in [6.07, 6.45) is 3.27. The van der Waals surface area contributed by atoms with Crippen LogP contribution in [0.15, 0.2) is 18.2 Å². The highest BCUT2D eigenvalue weighted by atomic mass is 16.6. The Morgan fingerprint density at radius 1 is 1.28 bits per heavy atom. The van der Waals surface area contributed by atoms with Gasteiger partial charge in [-0.1, -0.05) is 19.9 Å². The number of carbonyl (C=O) groups is 2. The van der Waals surface area contributed by atoms with Crippen LogP contribution in [-0.2, 0) is 27.2 Å². The fraction of sp³-hybridized carbons (Fsp3) is 0.526. The third-order valence-corrected chi connectivity index (χ3v) is 4.58. The standard InChI is InChI=1S/C19H24N2O4/c1-13(2)19(3,12-20)21-17(22)10-25-18(23)11-24-16-8-7-14-5-4-6-15(14)9-16/h7-9,13H,4-6,10-11H2,1-3H3,(H,21,22)/t19-/m1/s1. The Balaban J connectivity index is 1.75. The Labute approximate surface area is 148 Å². The quantitative estimate of drug-likeness (QED) is 0.766. The van der Waals surface area contributed by atoms with E-state index in [2.05, 4.69) is 11.4 Å². The number of nitrogens with zero attached hydrogens (tertiary/aromatic N) is 1. The molecule has 0 aliphatic heterocycles. The Kier molecular flexibility index (Phi) is 6.02. The molecule has 0 aromatic heterocycles.